The van der Waals surface area contributed by atoms with E-state index < -0.39 is 5.54 Å². The van der Waals surface area contributed by atoms with Gasteiger partial charge in [-0.3, -0.25) is 9.59 Å². The van der Waals surface area contributed by atoms with Gasteiger partial charge in [0.05, 0.1) is 5.54 Å². The first kappa shape index (κ1) is 21.7. The molecule has 3 fully saturated rings. The highest BCUT2D eigenvalue weighted by atomic mass is 16.2. The highest BCUT2D eigenvalue weighted by Crippen LogP contribution is 2.63. The Kier molecular flexibility index (Phi) is 5.07. The minimum atomic E-state index is -0.553. The van der Waals surface area contributed by atoms with Gasteiger partial charge in [0.1, 0.15) is 5.57 Å². The van der Waals surface area contributed by atoms with Crippen molar-refractivity contribution in [1.82, 2.24) is 10.6 Å². The maximum Gasteiger partial charge on any atom is 0.257 e. The highest BCUT2D eigenvalue weighted by Gasteiger charge is 2.58. The van der Waals surface area contributed by atoms with Crippen LogP contribution in [0.1, 0.15) is 78.2 Å². The van der Waals surface area contributed by atoms with Gasteiger partial charge >= 0.3 is 0 Å². The number of carbonyl (C=O) groups excluding carboxylic acids is 2. The summed E-state index contributed by atoms with van der Waals surface area (Å²) < 4.78 is 0. The summed E-state index contributed by atoms with van der Waals surface area (Å²) in [7, 11) is 0. The van der Waals surface area contributed by atoms with Crippen LogP contribution in [-0.4, -0.2) is 17.9 Å². The van der Waals surface area contributed by atoms with E-state index in [2.05, 4.69) is 30.6 Å². The van der Waals surface area contributed by atoms with E-state index in [4.69, 9.17) is 0 Å². The summed E-state index contributed by atoms with van der Waals surface area (Å²) in [6, 6.07) is 10.1. The van der Waals surface area contributed by atoms with Crippen LogP contribution in [0.25, 0.3) is 0 Å². The standard InChI is InChI=1S/C28H38N2O2/c1-26(2,18-9-6-5-7-10-18)30-25(32)20-17-28(4)22-14-16-27(3)15-8-11-21(27)19(22)12-13-23(28)29-24(20)31/h5-7,9-10,17,19,21-23H,8,11-16H2,1-4H3,(H,29,31)(H,30,32)/t19-,21-,22+,23?,27-,28+/m0/s1. The van der Waals surface area contributed by atoms with Crippen LogP contribution in [0.3, 0.4) is 0 Å². The van der Waals surface area contributed by atoms with Crippen LogP contribution in [0.4, 0.5) is 0 Å². The van der Waals surface area contributed by atoms with E-state index in [1.54, 1.807) is 0 Å². The lowest BCUT2D eigenvalue weighted by Gasteiger charge is -2.58. The van der Waals surface area contributed by atoms with Crippen molar-refractivity contribution in [2.45, 2.75) is 84.2 Å². The van der Waals surface area contributed by atoms with Crippen molar-refractivity contribution in [1.29, 1.82) is 0 Å². The van der Waals surface area contributed by atoms with Crippen molar-refractivity contribution in [3.05, 3.63) is 47.5 Å². The van der Waals surface area contributed by atoms with E-state index in [1.807, 2.05) is 44.2 Å². The molecule has 1 aromatic carbocycles. The Morgan fingerprint density at radius 2 is 1.78 bits per heavy atom. The van der Waals surface area contributed by atoms with E-state index in [0.717, 1.165) is 17.9 Å². The number of hydrogen-bond acceptors (Lipinski definition) is 2. The molecule has 0 saturated heterocycles. The lowest BCUT2D eigenvalue weighted by Crippen LogP contribution is -2.61. The molecule has 0 bridgehead atoms. The summed E-state index contributed by atoms with van der Waals surface area (Å²) in [5.41, 5.74) is 1.13. The molecule has 0 spiro atoms. The molecular formula is C28H38N2O2. The van der Waals surface area contributed by atoms with Crippen LogP contribution in [0.5, 0.6) is 0 Å². The van der Waals surface area contributed by atoms with Crippen molar-refractivity contribution >= 4 is 11.8 Å². The summed E-state index contributed by atoms with van der Waals surface area (Å²) in [4.78, 5) is 26.4. The number of hydrogen-bond donors (Lipinski definition) is 2. The fourth-order valence-corrected chi connectivity index (χ4v) is 7.88. The number of fused-ring (bicyclic) bond motifs is 5. The molecule has 0 radical (unpaired) electrons. The minimum Gasteiger partial charge on any atom is -0.348 e. The van der Waals surface area contributed by atoms with Crippen molar-refractivity contribution < 1.29 is 9.59 Å². The minimum absolute atomic E-state index is 0.140. The summed E-state index contributed by atoms with van der Waals surface area (Å²) in [5.74, 6) is 1.59. The molecule has 1 aromatic rings. The Hall–Kier alpha value is -2.10. The summed E-state index contributed by atoms with van der Waals surface area (Å²) in [5, 5.41) is 6.38. The predicted octanol–water partition coefficient (Wildman–Crippen LogP) is 5.10. The second-order valence-corrected chi connectivity index (χ2v) is 11.9. The van der Waals surface area contributed by atoms with Gasteiger partial charge in [0.2, 0.25) is 0 Å². The average Bonchev–Trinajstić information content (AvgIpc) is 3.16. The zero-order chi connectivity index (χ0) is 22.7. The summed E-state index contributed by atoms with van der Waals surface area (Å²) in [6.07, 6.45) is 10.9. The normalized spacial score (nSPS) is 38.6. The molecule has 1 unspecified atom stereocenters. The maximum atomic E-state index is 13.4. The second kappa shape index (κ2) is 7.46. The first-order valence-corrected chi connectivity index (χ1v) is 12.6. The van der Waals surface area contributed by atoms with Crippen LogP contribution in [0.2, 0.25) is 0 Å². The van der Waals surface area contributed by atoms with E-state index >= 15 is 0 Å². The Balaban J connectivity index is 1.43. The first-order valence-electron chi connectivity index (χ1n) is 12.6. The number of amides is 2. The van der Waals surface area contributed by atoms with Crippen LogP contribution < -0.4 is 10.6 Å². The molecule has 6 atom stereocenters. The van der Waals surface area contributed by atoms with Gasteiger partial charge < -0.3 is 10.6 Å². The summed E-state index contributed by atoms with van der Waals surface area (Å²) >= 11 is 0. The number of benzene rings is 1. The fraction of sp³-hybridized carbons (Fsp3) is 0.643. The molecule has 172 valence electrons. The van der Waals surface area contributed by atoms with Crippen LogP contribution in [0.15, 0.2) is 42.0 Å². The van der Waals surface area contributed by atoms with Crippen molar-refractivity contribution in [2.24, 2.45) is 28.6 Å². The average molecular weight is 435 g/mol. The molecule has 1 aliphatic heterocycles. The second-order valence-electron chi connectivity index (χ2n) is 11.9. The molecule has 5 rings (SSSR count). The van der Waals surface area contributed by atoms with Crippen LogP contribution in [0, 0.1) is 28.6 Å². The molecular weight excluding hydrogens is 396 g/mol. The third-order valence-electron chi connectivity index (χ3n) is 9.73. The largest absolute Gasteiger partial charge is 0.348 e. The SMILES string of the molecule is CC(C)(NC(=O)C1=C[C@@]2(C)C(CC[C@@H]3[C@H]2CC[C@]2(C)CCC[C@@H]32)NC1=O)c1ccccc1. The van der Waals surface area contributed by atoms with Gasteiger partial charge in [-0.15, -0.1) is 0 Å². The zero-order valence-electron chi connectivity index (χ0n) is 20.0. The van der Waals surface area contributed by atoms with Gasteiger partial charge in [-0.2, -0.15) is 0 Å². The smallest absolute Gasteiger partial charge is 0.257 e. The lowest BCUT2D eigenvalue weighted by molar-refractivity contribution is -0.128. The van der Waals surface area contributed by atoms with Gasteiger partial charge in [0.25, 0.3) is 11.8 Å². The molecule has 2 amide bonds. The van der Waals surface area contributed by atoms with Gasteiger partial charge in [0, 0.05) is 11.5 Å². The highest BCUT2D eigenvalue weighted by molar-refractivity contribution is 6.19. The van der Waals surface area contributed by atoms with E-state index in [9.17, 15) is 9.59 Å². The molecule has 2 N–H and O–H groups in total. The van der Waals surface area contributed by atoms with Crippen molar-refractivity contribution in [3.63, 3.8) is 0 Å². The van der Waals surface area contributed by atoms with E-state index in [0.29, 0.717) is 22.8 Å². The van der Waals surface area contributed by atoms with Gasteiger partial charge in [-0.1, -0.05) is 56.7 Å². The molecule has 3 saturated carbocycles. The first-order chi connectivity index (χ1) is 15.1. The number of carbonyl (C=O) groups is 2. The number of nitrogens with one attached hydrogen (secondary N) is 2. The Bertz CT molecular complexity index is 951. The molecule has 4 nitrogen and oxygen atoms in total. The van der Waals surface area contributed by atoms with E-state index in [1.165, 1.54) is 38.5 Å². The summed E-state index contributed by atoms with van der Waals surface area (Å²) in [6.45, 7) is 8.80. The predicted molar refractivity (Wildman–Crippen MR) is 127 cm³/mol. The van der Waals surface area contributed by atoms with Gasteiger partial charge in [-0.05, 0) is 81.1 Å². The lowest BCUT2D eigenvalue weighted by atomic mass is 9.48. The fourth-order valence-electron chi connectivity index (χ4n) is 7.88. The number of rotatable bonds is 3. The molecule has 0 aromatic heterocycles. The maximum absolute atomic E-state index is 13.4. The monoisotopic (exact) mass is 434 g/mol. The van der Waals surface area contributed by atoms with Gasteiger partial charge in [0.15, 0.2) is 0 Å². The molecule has 4 heteroatoms. The Morgan fingerprint density at radius 3 is 2.53 bits per heavy atom. The third-order valence-corrected chi connectivity index (χ3v) is 9.73. The Labute approximate surface area is 192 Å². The van der Waals surface area contributed by atoms with Crippen molar-refractivity contribution in [2.75, 3.05) is 0 Å². The van der Waals surface area contributed by atoms with Gasteiger partial charge in [-0.25, -0.2) is 0 Å². The molecule has 4 aliphatic rings. The van der Waals surface area contributed by atoms with Crippen molar-refractivity contribution in [3.8, 4) is 0 Å². The molecule has 3 aliphatic carbocycles. The third kappa shape index (κ3) is 3.33. The Morgan fingerprint density at radius 1 is 1.03 bits per heavy atom. The molecule has 32 heavy (non-hydrogen) atoms. The zero-order valence-corrected chi connectivity index (χ0v) is 20.0. The molecule has 1 heterocycles. The van der Waals surface area contributed by atoms with Crippen LogP contribution in [-0.2, 0) is 15.1 Å². The van der Waals surface area contributed by atoms with E-state index in [-0.39, 0.29) is 23.3 Å². The topological polar surface area (TPSA) is 58.2 Å². The van der Waals surface area contributed by atoms with Crippen LogP contribution >= 0.6 is 0 Å². The quantitative estimate of drug-likeness (QED) is 0.651.